The summed E-state index contributed by atoms with van der Waals surface area (Å²) >= 11 is 2.14. The van der Waals surface area contributed by atoms with Gasteiger partial charge in [0.15, 0.2) is 0 Å². The molecule has 1 fully saturated rings. The molecule has 0 saturated carbocycles. The van der Waals surface area contributed by atoms with Crippen LogP contribution in [0.4, 0.5) is 11.4 Å². The van der Waals surface area contributed by atoms with Crippen LogP contribution in [-0.2, 0) is 0 Å². The van der Waals surface area contributed by atoms with Crippen LogP contribution in [0.1, 0.15) is 13.8 Å². The van der Waals surface area contributed by atoms with Gasteiger partial charge >= 0.3 is 0 Å². The second-order valence-electron chi connectivity index (χ2n) is 5.54. The molecule has 1 saturated heterocycles. The lowest BCUT2D eigenvalue weighted by Gasteiger charge is -2.41. The Balaban J connectivity index is 2.10. The van der Waals surface area contributed by atoms with Crippen LogP contribution in [0.2, 0.25) is 0 Å². The summed E-state index contributed by atoms with van der Waals surface area (Å²) in [6.07, 6.45) is 0. The van der Waals surface area contributed by atoms with E-state index in [0.29, 0.717) is 0 Å². The molecule has 21 heavy (non-hydrogen) atoms. The molecule has 7 heteroatoms. The number of piperazine rings is 1. The van der Waals surface area contributed by atoms with Crippen LogP contribution < -0.4 is 4.90 Å². The molecule has 1 aliphatic heterocycles. The molecule has 0 radical (unpaired) electrons. The number of hydrogen-bond acceptors (Lipinski definition) is 5. The molecule has 0 aliphatic carbocycles. The minimum Gasteiger partial charge on any atom is -0.368 e. The number of benzene rings is 1. The number of nitrogens with zero attached hydrogens (tertiary/aromatic N) is 4. The highest BCUT2D eigenvalue weighted by atomic mass is 127. The van der Waals surface area contributed by atoms with Gasteiger partial charge < -0.3 is 4.90 Å². The van der Waals surface area contributed by atoms with Crippen molar-refractivity contribution in [2.45, 2.75) is 19.4 Å². The van der Waals surface area contributed by atoms with Gasteiger partial charge in [-0.15, -0.1) is 0 Å². The van der Waals surface area contributed by atoms with Crippen LogP contribution in [0.25, 0.3) is 0 Å². The fraction of sp³-hybridized carbons (Fsp3) is 0.500. The first kappa shape index (κ1) is 16.0. The standard InChI is InChI=1S/C14H17IN4O2/c1-14(2,10-16)18-7-5-17(6-8-18)13-4-3-11(19(20)21)9-12(13)15/h3-4,9H,5-8H2,1-2H3. The molecule has 0 atom stereocenters. The van der Waals surface area contributed by atoms with Crippen molar-refractivity contribution in [3.05, 3.63) is 31.9 Å². The maximum Gasteiger partial charge on any atom is 0.270 e. The summed E-state index contributed by atoms with van der Waals surface area (Å²) in [6.45, 7) is 7.12. The zero-order chi connectivity index (χ0) is 15.6. The first-order valence-corrected chi connectivity index (χ1v) is 7.78. The van der Waals surface area contributed by atoms with Gasteiger partial charge in [0.2, 0.25) is 0 Å². The number of non-ortho nitro benzene ring substituents is 1. The second kappa shape index (κ2) is 6.15. The normalized spacial score (nSPS) is 16.6. The molecule has 0 spiro atoms. The number of hydrogen-bond donors (Lipinski definition) is 0. The van der Waals surface area contributed by atoms with Crippen molar-refractivity contribution >= 4 is 34.0 Å². The molecule has 112 valence electrons. The fourth-order valence-corrected chi connectivity index (χ4v) is 3.28. The maximum absolute atomic E-state index is 10.8. The highest BCUT2D eigenvalue weighted by molar-refractivity contribution is 14.1. The van der Waals surface area contributed by atoms with Crippen LogP contribution in [0.3, 0.4) is 0 Å². The van der Waals surface area contributed by atoms with E-state index in [-0.39, 0.29) is 10.6 Å². The summed E-state index contributed by atoms with van der Waals surface area (Å²) in [4.78, 5) is 14.8. The summed E-state index contributed by atoms with van der Waals surface area (Å²) in [5.74, 6) is 0. The highest BCUT2D eigenvalue weighted by Crippen LogP contribution is 2.28. The predicted molar refractivity (Wildman–Crippen MR) is 89.3 cm³/mol. The van der Waals surface area contributed by atoms with Crippen LogP contribution in [0.15, 0.2) is 18.2 Å². The molecule has 0 bridgehead atoms. The fourth-order valence-electron chi connectivity index (χ4n) is 2.44. The molecule has 0 N–H and O–H groups in total. The number of nitro groups is 1. The van der Waals surface area contributed by atoms with E-state index in [9.17, 15) is 15.4 Å². The van der Waals surface area contributed by atoms with E-state index in [1.165, 1.54) is 0 Å². The third-order valence-electron chi connectivity index (χ3n) is 3.83. The van der Waals surface area contributed by atoms with Gasteiger partial charge in [0, 0.05) is 41.9 Å². The molecule has 0 unspecified atom stereocenters. The number of rotatable bonds is 3. The summed E-state index contributed by atoms with van der Waals surface area (Å²) in [5, 5.41) is 20.0. The molecular formula is C14H17IN4O2. The SMILES string of the molecule is CC(C)(C#N)N1CCN(c2ccc([N+](=O)[O-])cc2I)CC1. The lowest BCUT2D eigenvalue weighted by atomic mass is 10.0. The summed E-state index contributed by atoms with van der Waals surface area (Å²) in [7, 11) is 0. The van der Waals surface area contributed by atoms with Gasteiger partial charge in [0.05, 0.1) is 16.7 Å². The Labute approximate surface area is 137 Å². The smallest absolute Gasteiger partial charge is 0.270 e. The zero-order valence-electron chi connectivity index (χ0n) is 12.0. The van der Waals surface area contributed by atoms with Crippen molar-refractivity contribution in [2.24, 2.45) is 0 Å². The van der Waals surface area contributed by atoms with Crippen molar-refractivity contribution in [1.29, 1.82) is 5.26 Å². The Hall–Kier alpha value is -1.40. The Morgan fingerprint density at radius 2 is 1.95 bits per heavy atom. The zero-order valence-corrected chi connectivity index (χ0v) is 14.2. The van der Waals surface area contributed by atoms with Crippen molar-refractivity contribution in [3.63, 3.8) is 0 Å². The van der Waals surface area contributed by atoms with E-state index in [4.69, 9.17) is 0 Å². The first-order valence-electron chi connectivity index (χ1n) is 6.70. The number of nitro benzene ring substituents is 1. The van der Waals surface area contributed by atoms with E-state index < -0.39 is 5.54 Å². The average molecular weight is 400 g/mol. The minimum atomic E-state index is -0.450. The molecule has 1 aliphatic rings. The monoisotopic (exact) mass is 400 g/mol. The molecule has 1 heterocycles. The van der Waals surface area contributed by atoms with Crippen molar-refractivity contribution in [2.75, 3.05) is 31.1 Å². The summed E-state index contributed by atoms with van der Waals surface area (Å²) in [5.41, 5.74) is 0.692. The van der Waals surface area contributed by atoms with Gasteiger partial charge in [0.25, 0.3) is 5.69 Å². The summed E-state index contributed by atoms with van der Waals surface area (Å²) < 4.78 is 0.884. The van der Waals surface area contributed by atoms with Crippen molar-refractivity contribution < 1.29 is 4.92 Å². The van der Waals surface area contributed by atoms with E-state index in [1.54, 1.807) is 12.1 Å². The Morgan fingerprint density at radius 1 is 1.33 bits per heavy atom. The Bertz CT molecular complexity index is 589. The molecule has 0 aromatic heterocycles. The number of anilines is 1. The van der Waals surface area contributed by atoms with E-state index in [1.807, 2.05) is 19.9 Å². The first-order chi connectivity index (χ1) is 9.85. The minimum absolute atomic E-state index is 0.118. The second-order valence-corrected chi connectivity index (χ2v) is 6.70. The quantitative estimate of drug-likeness (QED) is 0.443. The lowest BCUT2D eigenvalue weighted by Crippen LogP contribution is -2.54. The van der Waals surface area contributed by atoms with Gasteiger partial charge in [-0.05, 0) is 42.5 Å². The maximum atomic E-state index is 10.8. The van der Waals surface area contributed by atoms with Gasteiger partial charge in [0.1, 0.15) is 5.54 Å². The van der Waals surface area contributed by atoms with Gasteiger partial charge in [-0.1, -0.05) is 0 Å². The summed E-state index contributed by atoms with van der Waals surface area (Å²) in [6, 6.07) is 7.28. The van der Waals surface area contributed by atoms with E-state index in [0.717, 1.165) is 35.4 Å². The van der Waals surface area contributed by atoms with E-state index >= 15 is 0 Å². The number of halogens is 1. The third kappa shape index (κ3) is 3.44. The largest absolute Gasteiger partial charge is 0.368 e. The molecule has 1 aromatic rings. The number of nitriles is 1. The molecule has 0 amide bonds. The van der Waals surface area contributed by atoms with Gasteiger partial charge in [-0.25, -0.2) is 0 Å². The van der Waals surface area contributed by atoms with Crippen molar-refractivity contribution in [3.8, 4) is 6.07 Å². The van der Waals surface area contributed by atoms with Crippen LogP contribution in [-0.4, -0.2) is 41.5 Å². The van der Waals surface area contributed by atoms with Crippen molar-refractivity contribution in [1.82, 2.24) is 4.90 Å². The molecular weight excluding hydrogens is 383 g/mol. The average Bonchev–Trinajstić information content (AvgIpc) is 2.47. The topological polar surface area (TPSA) is 73.4 Å². The van der Waals surface area contributed by atoms with Crippen LogP contribution in [0.5, 0.6) is 0 Å². The molecule has 1 aromatic carbocycles. The predicted octanol–water partition coefficient (Wildman–Crippen LogP) is 2.62. The van der Waals surface area contributed by atoms with Gasteiger partial charge in [-0.2, -0.15) is 5.26 Å². The lowest BCUT2D eigenvalue weighted by molar-refractivity contribution is -0.384. The highest BCUT2D eigenvalue weighted by Gasteiger charge is 2.30. The van der Waals surface area contributed by atoms with Crippen LogP contribution >= 0.6 is 22.6 Å². The van der Waals surface area contributed by atoms with Crippen LogP contribution in [0, 0.1) is 25.0 Å². The Kier molecular flexibility index (Phi) is 4.68. The van der Waals surface area contributed by atoms with E-state index in [2.05, 4.69) is 38.5 Å². The Morgan fingerprint density at radius 3 is 2.43 bits per heavy atom. The third-order valence-corrected chi connectivity index (χ3v) is 4.69. The molecule has 6 nitrogen and oxygen atoms in total. The molecule has 2 rings (SSSR count). The van der Waals surface area contributed by atoms with Gasteiger partial charge in [-0.3, -0.25) is 15.0 Å².